The Bertz CT molecular complexity index is 859. The number of anilines is 1. The molecule has 0 fully saturated rings. The quantitative estimate of drug-likeness (QED) is 0.746. The number of primary amides is 1. The van der Waals surface area contributed by atoms with Gasteiger partial charge in [0.25, 0.3) is 11.8 Å². The maximum atomic E-state index is 12.2. The van der Waals surface area contributed by atoms with Gasteiger partial charge in [0.15, 0.2) is 11.4 Å². The van der Waals surface area contributed by atoms with Crippen LogP contribution in [0.25, 0.3) is 5.69 Å². The molecule has 8 heteroatoms. The van der Waals surface area contributed by atoms with Gasteiger partial charge in [-0.05, 0) is 12.1 Å². The summed E-state index contributed by atoms with van der Waals surface area (Å²) in [6.45, 7) is 0. The van der Waals surface area contributed by atoms with Gasteiger partial charge in [0.1, 0.15) is 0 Å². The van der Waals surface area contributed by atoms with E-state index in [4.69, 9.17) is 5.73 Å². The Balaban J connectivity index is 1.82. The van der Waals surface area contributed by atoms with Gasteiger partial charge in [0.2, 0.25) is 0 Å². The molecule has 0 radical (unpaired) electrons. The molecule has 0 aliphatic heterocycles. The minimum Gasteiger partial charge on any atom is -0.364 e. The molecular weight excluding hydrogens is 296 g/mol. The van der Waals surface area contributed by atoms with E-state index in [9.17, 15) is 9.59 Å². The molecule has 3 rings (SSSR count). The first-order chi connectivity index (χ1) is 11.1. The number of carbonyl (C=O) groups is 2. The molecule has 2 heterocycles. The van der Waals surface area contributed by atoms with E-state index in [1.165, 1.54) is 18.6 Å². The Kier molecular flexibility index (Phi) is 3.79. The van der Waals surface area contributed by atoms with Crippen LogP contribution in [0.4, 0.5) is 5.69 Å². The summed E-state index contributed by atoms with van der Waals surface area (Å²) in [6, 6.07) is 9.43. The fourth-order valence-corrected chi connectivity index (χ4v) is 1.98. The van der Waals surface area contributed by atoms with Crippen molar-refractivity contribution >= 4 is 17.5 Å². The number of nitrogens with two attached hydrogens (primary N) is 1. The molecule has 0 unspecified atom stereocenters. The number of aromatic nitrogens is 4. The normalized spacial score (nSPS) is 10.3. The van der Waals surface area contributed by atoms with Crippen molar-refractivity contribution in [3.05, 3.63) is 66.5 Å². The van der Waals surface area contributed by atoms with Crippen LogP contribution in [0, 0.1) is 0 Å². The van der Waals surface area contributed by atoms with E-state index in [1.54, 1.807) is 10.9 Å². The lowest BCUT2D eigenvalue weighted by molar-refractivity contribution is 0.0969. The van der Waals surface area contributed by atoms with Crippen LogP contribution in [0.5, 0.6) is 0 Å². The lowest BCUT2D eigenvalue weighted by atomic mass is 10.2. The number of nitrogens with one attached hydrogen (secondary N) is 1. The molecule has 8 nitrogen and oxygen atoms in total. The third kappa shape index (κ3) is 3.05. The molecule has 23 heavy (non-hydrogen) atoms. The Labute approximate surface area is 131 Å². The van der Waals surface area contributed by atoms with E-state index < -0.39 is 11.8 Å². The first kappa shape index (κ1) is 14.4. The SMILES string of the molecule is NC(=O)c1nccnc1C(=O)Nc1cnn(-c2ccccc2)c1. The van der Waals surface area contributed by atoms with Gasteiger partial charge in [-0.1, -0.05) is 18.2 Å². The molecular formula is C15H12N6O2. The Morgan fingerprint density at radius 1 is 1.04 bits per heavy atom. The van der Waals surface area contributed by atoms with Gasteiger partial charge in [-0.25, -0.2) is 14.6 Å². The predicted octanol–water partition coefficient (Wildman–Crippen LogP) is 1.01. The van der Waals surface area contributed by atoms with Crippen LogP contribution in [-0.2, 0) is 0 Å². The number of rotatable bonds is 4. The van der Waals surface area contributed by atoms with Gasteiger partial charge in [-0.15, -0.1) is 0 Å². The number of para-hydroxylation sites is 1. The Morgan fingerprint density at radius 3 is 2.43 bits per heavy atom. The van der Waals surface area contributed by atoms with Gasteiger partial charge in [0, 0.05) is 12.4 Å². The van der Waals surface area contributed by atoms with Gasteiger partial charge < -0.3 is 11.1 Å². The summed E-state index contributed by atoms with van der Waals surface area (Å²) in [5.41, 5.74) is 6.19. The van der Waals surface area contributed by atoms with E-state index in [0.717, 1.165) is 5.69 Å². The molecule has 0 saturated heterocycles. The number of carbonyl (C=O) groups excluding carboxylic acids is 2. The van der Waals surface area contributed by atoms with E-state index in [-0.39, 0.29) is 11.4 Å². The highest BCUT2D eigenvalue weighted by molar-refractivity contribution is 6.09. The van der Waals surface area contributed by atoms with Crippen molar-refractivity contribution in [2.45, 2.75) is 0 Å². The van der Waals surface area contributed by atoms with Crippen LogP contribution in [0.15, 0.2) is 55.1 Å². The zero-order chi connectivity index (χ0) is 16.2. The summed E-state index contributed by atoms with van der Waals surface area (Å²) in [5, 5.41) is 6.78. The highest BCUT2D eigenvalue weighted by Gasteiger charge is 2.18. The lowest BCUT2D eigenvalue weighted by Gasteiger charge is -2.04. The summed E-state index contributed by atoms with van der Waals surface area (Å²) in [5.74, 6) is -1.40. The molecule has 2 aromatic heterocycles. The molecule has 114 valence electrons. The van der Waals surface area contributed by atoms with Crippen molar-refractivity contribution < 1.29 is 9.59 Å². The fourth-order valence-electron chi connectivity index (χ4n) is 1.98. The van der Waals surface area contributed by atoms with Crippen molar-refractivity contribution in [3.63, 3.8) is 0 Å². The lowest BCUT2D eigenvalue weighted by Crippen LogP contribution is -2.23. The molecule has 0 bridgehead atoms. The summed E-state index contributed by atoms with van der Waals surface area (Å²) in [4.78, 5) is 31.2. The van der Waals surface area contributed by atoms with Crippen LogP contribution in [0.1, 0.15) is 21.0 Å². The second kappa shape index (κ2) is 6.06. The zero-order valence-electron chi connectivity index (χ0n) is 11.9. The minimum atomic E-state index is -0.816. The highest BCUT2D eigenvalue weighted by Crippen LogP contribution is 2.12. The third-order valence-electron chi connectivity index (χ3n) is 3.01. The van der Waals surface area contributed by atoms with Crippen molar-refractivity contribution in [1.82, 2.24) is 19.7 Å². The average Bonchev–Trinajstić information content (AvgIpc) is 3.04. The van der Waals surface area contributed by atoms with Gasteiger partial charge in [0.05, 0.1) is 23.8 Å². The second-order valence-electron chi connectivity index (χ2n) is 4.58. The van der Waals surface area contributed by atoms with Crippen molar-refractivity contribution in [2.75, 3.05) is 5.32 Å². The smallest absolute Gasteiger partial charge is 0.276 e. The Hall–Kier alpha value is -3.55. The fraction of sp³-hybridized carbons (Fsp3) is 0. The monoisotopic (exact) mass is 308 g/mol. The molecule has 2 amide bonds. The summed E-state index contributed by atoms with van der Waals surface area (Å²) < 4.78 is 1.61. The standard InChI is InChI=1S/C15H12N6O2/c16-14(22)12-13(18-7-6-17-12)15(23)20-10-8-19-21(9-10)11-4-2-1-3-5-11/h1-9H,(H2,16,22)(H,20,23). The Morgan fingerprint density at radius 2 is 1.74 bits per heavy atom. The van der Waals surface area contributed by atoms with E-state index >= 15 is 0 Å². The van der Waals surface area contributed by atoms with Crippen LogP contribution >= 0.6 is 0 Å². The van der Waals surface area contributed by atoms with Crippen molar-refractivity contribution in [3.8, 4) is 5.69 Å². The molecule has 0 atom stereocenters. The molecule has 3 N–H and O–H groups in total. The van der Waals surface area contributed by atoms with Gasteiger partial charge in [-0.2, -0.15) is 5.10 Å². The molecule has 1 aromatic carbocycles. The van der Waals surface area contributed by atoms with E-state index in [1.807, 2.05) is 30.3 Å². The van der Waals surface area contributed by atoms with Crippen molar-refractivity contribution in [2.24, 2.45) is 5.73 Å². The maximum Gasteiger partial charge on any atom is 0.276 e. The maximum absolute atomic E-state index is 12.2. The number of nitrogens with zero attached hydrogens (tertiary/aromatic N) is 4. The zero-order valence-corrected chi connectivity index (χ0v) is 11.9. The predicted molar refractivity (Wildman–Crippen MR) is 82.1 cm³/mol. The van der Waals surface area contributed by atoms with E-state index in [2.05, 4.69) is 20.4 Å². The van der Waals surface area contributed by atoms with Crippen LogP contribution < -0.4 is 11.1 Å². The van der Waals surface area contributed by atoms with E-state index in [0.29, 0.717) is 5.69 Å². The highest BCUT2D eigenvalue weighted by atomic mass is 16.2. The van der Waals surface area contributed by atoms with Crippen molar-refractivity contribution in [1.29, 1.82) is 0 Å². The average molecular weight is 308 g/mol. The largest absolute Gasteiger partial charge is 0.364 e. The summed E-state index contributed by atoms with van der Waals surface area (Å²) in [6.07, 6.45) is 5.75. The number of amides is 2. The topological polar surface area (TPSA) is 116 Å². The third-order valence-corrected chi connectivity index (χ3v) is 3.01. The number of hydrogen-bond donors (Lipinski definition) is 2. The molecule has 0 saturated carbocycles. The number of benzene rings is 1. The van der Waals surface area contributed by atoms with Gasteiger partial charge >= 0.3 is 0 Å². The minimum absolute atomic E-state index is 0.132. The number of hydrogen-bond acceptors (Lipinski definition) is 5. The molecule has 0 spiro atoms. The van der Waals surface area contributed by atoms with Crippen LogP contribution in [-0.4, -0.2) is 31.6 Å². The molecule has 0 aliphatic rings. The second-order valence-corrected chi connectivity index (χ2v) is 4.58. The first-order valence-electron chi connectivity index (χ1n) is 6.67. The van der Waals surface area contributed by atoms with Crippen LogP contribution in [0.3, 0.4) is 0 Å². The molecule has 3 aromatic rings. The summed E-state index contributed by atoms with van der Waals surface area (Å²) in [7, 11) is 0. The molecule has 0 aliphatic carbocycles. The van der Waals surface area contributed by atoms with Gasteiger partial charge in [-0.3, -0.25) is 9.59 Å². The summed E-state index contributed by atoms with van der Waals surface area (Å²) >= 11 is 0. The van der Waals surface area contributed by atoms with Crippen LogP contribution in [0.2, 0.25) is 0 Å². The first-order valence-corrected chi connectivity index (χ1v) is 6.67.